The Bertz CT molecular complexity index is 728. The van der Waals surface area contributed by atoms with Gasteiger partial charge in [0, 0.05) is 25.1 Å². The van der Waals surface area contributed by atoms with Gasteiger partial charge in [-0.2, -0.15) is 0 Å². The Labute approximate surface area is 141 Å². The summed E-state index contributed by atoms with van der Waals surface area (Å²) in [5, 5.41) is 10.8. The number of hydrogen-bond acceptors (Lipinski definition) is 5. The number of anilines is 1. The van der Waals surface area contributed by atoms with Crippen molar-refractivity contribution in [3.05, 3.63) is 35.5 Å². The fourth-order valence-corrected chi connectivity index (χ4v) is 2.69. The van der Waals surface area contributed by atoms with Crippen molar-refractivity contribution in [2.24, 2.45) is 0 Å². The predicted molar refractivity (Wildman–Crippen MR) is 89.0 cm³/mol. The molecule has 2 aromatic rings. The molecule has 1 N–H and O–H groups in total. The van der Waals surface area contributed by atoms with E-state index in [4.69, 9.17) is 9.15 Å². The van der Waals surface area contributed by atoms with Gasteiger partial charge in [0.2, 0.25) is 11.8 Å². The van der Waals surface area contributed by atoms with Crippen LogP contribution in [-0.2, 0) is 19.4 Å². The smallest absolute Gasteiger partial charge is 0.322 e. The third-order valence-corrected chi connectivity index (χ3v) is 3.95. The topological polar surface area (TPSA) is 80.5 Å². The van der Waals surface area contributed by atoms with E-state index in [1.807, 2.05) is 39.0 Å². The first-order valence-electron chi connectivity index (χ1n) is 8.25. The highest BCUT2D eigenvalue weighted by Crippen LogP contribution is 2.31. The molecule has 0 bridgehead atoms. The molecule has 24 heavy (non-hydrogen) atoms. The van der Waals surface area contributed by atoms with Crippen LogP contribution in [0.2, 0.25) is 0 Å². The molecule has 7 heteroatoms. The number of aromatic nitrogens is 2. The third-order valence-electron chi connectivity index (χ3n) is 3.95. The van der Waals surface area contributed by atoms with Gasteiger partial charge in [0.25, 0.3) is 0 Å². The van der Waals surface area contributed by atoms with Gasteiger partial charge < -0.3 is 19.4 Å². The van der Waals surface area contributed by atoms with Crippen LogP contribution in [0, 0.1) is 0 Å². The molecule has 0 spiro atoms. The molecule has 1 aliphatic heterocycles. The summed E-state index contributed by atoms with van der Waals surface area (Å²) in [4.78, 5) is 14.1. The fraction of sp³-hybridized carbons (Fsp3) is 0.471. The Morgan fingerprint density at radius 3 is 2.83 bits per heavy atom. The molecule has 0 aliphatic carbocycles. The number of hydrogen-bond donors (Lipinski definition) is 1. The first-order valence-corrected chi connectivity index (χ1v) is 8.25. The highest BCUT2D eigenvalue weighted by atomic mass is 16.5. The quantitative estimate of drug-likeness (QED) is 0.911. The fourth-order valence-electron chi connectivity index (χ4n) is 2.69. The van der Waals surface area contributed by atoms with Gasteiger partial charge in [0.05, 0.1) is 0 Å². The molecule has 7 nitrogen and oxygen atoms in total. The Kier molecular flexibility index (Phi) is 4.69. The number of nitrogens with zero attached hydrogens (tertiary/aromatic N) is 3. The van der Waals surface area contributed by atoms with Crippen LogP contribution in [0.5, 0.6) is 5.75 Å². The predicted octanol–water partition coefficient (Wildman–Crippen LogP) is 3.01. The second-order valence-corrected chi connectivity index (χ2v) is 5.84. The molecule has 2 heterocycles. The van der Waals surface area contributed by atoms with Crippen molar-refractivity contribution >= 4 is 11.7 Å². The number of urea groups is 1. The molecular formula is C17H22N4O3. The molecule has 0 radical (unpaired) electrons. The number of nitrogens with one attached hydrogen (secondary N) is 1. The van der Waals surface area contributed by atoms with Crippen LogP contribution < -0.4 is 10.1 Å². The van der Waals surface area contributed by atoms with Crippen LogP contribution in [-0.4, -0.2) is 33.8 Å². The zero-order chi connectivity index (χ0) is 17.1. The van der Waals surface area contributed by atoms with Crippen molar-refractivity contribution in [3.63, 3.8) is 0 Å². The van der Waals surface area contributed by atoms with E-state index in [1.54, 1.807) is 4.90 Å². The summed E-state index contributed by atoms with van der Waals surface area (Å²) in [7, 11) is 0. The van der Waals surface area contributed by atoms with Gasteiger partial charge in [0.1, 0.15) is 18.4 Å². The van der Waals surface area contributed by atoms with Gasteiger partial charge >= 0.3 is 6.03 Å². The molecule has 0 fully saturated rings. The van der Waals surface area contributed by atoms with Crippen molar-refractivity contribution < 1.29 is 13.9 Å². The minimum atomic E-state index is -0.194. The van der Waals surface area contributed by atoms with Crippen molar-refractivity contribution in [1.82, 2.24) is 15.1 Å². The number of benzene rings is 1. The molecule has 0 saturated carbocycles. The largest absolute Gasteiger partial charge is 0.490 e. The van der Waals surface area contributed by atoms with E-state index in [9.17, 15) is 4.79 Å². The van der Waals surface area contributed by atoms with Gasteiger partial charge in [-0.1, -0.05) is 6.92 Å². The molecular weight excluding hydrogens is 308 g/mol. The lowest BCUT2D eigenvalue weighted by Gasteiger charge is -2.19. The van der Waals surface area contributed by atoms with Crippen LogP contribution >= 0.6 is 0 Å². The molecule has 0 unspecified atom stereocenters. The average molecular weight is 330 g/mol. The molecule has 1 aromatic heterocycles. The molecule has 1 aromatic carbocycles. The summed E-state index contributed by atoms with van der Waals surface area (Å²) in [6.45, 7) is 6.72. The SMILES string of the molecule is CCc1nnc(CN(CC)C(=O)Nc2ccc3c(c2)C[C@@H](C)O3)o1. The number of aryl methyl sites for hydroxylation is 1. The molecule has 0 saturated heterocycles. The van der Waals surface area contributed by atoms with Gasteiger partial charge in [-0.15, -0.1) is 10.2 Å². The van der Waals surface area contributed by atoms with Crippen LogP contribution in [0.15, 0.2) is 22.6 Å². The molecule has 1 aliphatic rings. The Morgan fingerprint density at radius 2 is 2.12 bits per heavy atom. The molecule has 3 rings (SSSR count). The normalized spacial score (nSPS) is 15.7. The number of rotatable bonds is 5. The summed E-state index contributed by atoms with van der Waals surface area (Å²) >= 11 is 0. The standard InChI is InChI=1S/C17H22N4O3/c1-4-15-19-20-16(24-15)10-21(5-2)17(22)18-13-6-7-14-12(9-13)8-11(3)23-14/h6-7,9,11H,4-5,8,10H2,1-3H3,(H,18,22)/t11-/m1/s1. The van der Waals surface area contributed by atoms with Crippen molar-refractivity contribution in [2.45, 2.75) is 46.3 Å². The maximum Gasteiger partial charge on any atom is 0.322 e. The highest BCUT2D eigenvalue weighted by molar-refractivity contribution is 5.89. The Balaban J connectivity index is 1.65. The van der Waals surface area contributed by atoms with Gasteiger partial charge in [-0.05, 0) is 37.6 Å². The summed E-state index contributed by atoms with van der Waals surface area (Å²) in [5.74, 6) is 1.92. The number of carbonyl (C=O) groups is 1. The minimum absolute atomic E-state index is 0.184. The average Bonchev–Trinajstić information content (AvgIpc) is 3.17. The summed E-state index contributed by atoms with van der Waals surface area (Å²) in [6, 6.07) is 5.52. The second-order valence-electron chi connectivity index (χ2n) is 5.84. The lowest BCUT2D eigenvalue weighted by atomic mass is 10.1. The van der Waals surface area contributed by atoms with E-state index in [-0.39, 0.29) is 12.1 Å². The highest BCUT2D eigenvalue weighted by Gasteiger charge is 2.20. The van der Waals surface area contributed by atoms with E-state index in [1.165, 1.54) is 0 Å². The van der Waals surface area contributed by atoms with Gasteiger partial charge in [0.15, 0.2) is 0 Å². The van der Waals surface area contributed by atoms with Crippen LogP contribution in [0.25, 0.3) is 0 Å². The number of fused-ring (bicyclic) bond motifs is 1. The molecule has 128 valence electrons. The van der Waals surface area contributed by atoms with Crippen molar-refractivity contribution in [3.8, 4) is 5.75 Å². The number of amides is 2. The number of ether oxygens (including phenoxy) is 1. The maximum absolute atomic E-state index is 12.5. The monoisotopic (exact) mass is 330 g/mol. The second kappa shape index (κ2) is 6.90. The van der Waals surface area contributed by atoms with E-state index in [0.29, 0.717) is 31.3 Å². The lowest BCUT2D eigenvalue weighted by Crippen LogP contribution is -2.34. The van der Waals surface area contributed by atoms with Crippen LogP contribution in [0.3, 0.4) is 0 Å². The van der Waals surface area contributed by atoms with Crippen LogP contribution in [0.1, 0.15) is 38.1 Å². The number of carbonyl (C=O) groups excluding carboxylic acids is 1. The maximum atomic E-state index is 12.5. The Morgan fingerprint density at radius 1 is 1.33 bits per heavy atom. The first kappa shape index (κ1) is 16.3. The van der Waals surface area contributed by atoms with Crippen LogP contribution in [0.4, 0.5) is 10.5 Å². The zero-order valence-corrected chi connectivity index (χ0v) is 14.2. The summed E-state index contributed by atoms with van der Waals surface area (Å²) in [6.07, 6.45) is 1.72. The lowest BCUT2D eigenvalue weighted by molar-refractivity contribution is 0.205. The van der Waals surface area contributed by atoms with Crippen molar-refractivity contribution in [1.29, 1.82) is 0 Å². The van der Waals surface area contributed by atoms with E-state index in [2.05, 4.69) is 15.5 Å². The van der Waals surface area contributed by atoms with E-state index in [0.717, 1.165) is 23.4 Å². The summed E-state index contributed by atoms with van der Waals surface area (Å²) < 4.78 is 11.2. The van der Waals surface area contributed by atoms with Gasteiger partial charge in [-0.25, -0.2) is 4.79 Å². The van der Waals surface area contributed by atoms with Gasteiger partial charge in [-0.3, -0.25) is 0 Å². The molecule has 2 amide bonds. The molecule has 1 atom stereocenters. The van der Waals surface area contributed by atoms with E-state index >= 15 is 0 Å². The summed E-state index contributed by atoms with van der Waals surface area (Å²) in [5.41, 5.74) is 1.88. The Hall–Kier alpha value is -2.57. The van der Waals surface area contributed by atoms with Crippen molar-refractivity contribution in [2.75, 3.05) is 11.9 Å². The minimum Gasteiger partial charge on any atom is -0.490 e. The zero-order valence-electron chi connectivity index (χ0n) is 14.2. The first-order chi connectivity index (χ1) is 11.6. The third kappa shape index (κ3) is 3.50. The van der Waals surface area contributed by atoms with E-state index < -0.39 is 0 Å².